The maximum atomic E-state index is 13.0. The average Bonchev–Trinajstić information content (AvgIpc) is 2.47. The molecule has 0 aliphatic carbocycles. The van der Waals surface area contributed by atoms with Gasteiger partial charge < -0.3 is 15.8 Å². The lowest BCUT2D eigenvalue weighted by Gasteiger charge is -2.09. The third kappa shape index (κ3) is 3.95. The fourth-order valence-electron chi connectivity index (χ4n) is 1.98. The average molecular weight is 288 g/mol. The van der Waals surface area contributed by atoms with Crippen molar-refractivity contribution in [1.29, 1.82) is 0 Å². The quantitative estimate of drug-likeness (QED) is 0.830. The van der Waals surface area contributed by atoms with Gasteiger partial charge in [0.1, 0.15) is 11.6 Å². The zero-order chi connectivity index (χ0) is 15.2. The first kappa shape index (κ1) is 14.8. The number of carbonyl (C=O) groups is 1. The van der Waals surface area contributed by atoms with E-state index in [4.69, 9.17) is 10.5 Å². The van der Waals surface area contributed by atoms with Crippen LogP contribution in [0.1, 0.15) is 15.9 Å². The molecule has 1 amide bonds. The van der Waals surface area contributed by atoms with Gasteiger partial charge in [-0.1, -0.05) is 12.1 Å². The fourth-order valence-corrected chi connectivity index (χ4v) is 1.98. The molecule has 0 radical (unpaired) electrons. The number of halogens is 1. The van der Waals surface area contributed by atoms with Gasteiger partial charge in [0.2, 0.25) is 0 Å². The van der Waals surface area contributed by atoms with E-state index >= 15 is 0 Å². The summed E-state index contributed by atoms with van der Waals surface area (Å²) < 4.78 is 18.1. The van der Waals surface area contributed by atoms with Crippen LogP contribution < -0.4 is 15.8 Å². The third-order valence-electron chi connectivity index (χ3n) is 3.09. The Morgan fingerprint density at radius 1 is 1.29 bits per heavy atom. The van der Waals surface area contributed by atoms with E-state index in [0.29, 0.717) is 30.0 Å². The Balaban J connectivity index is 1.93. The number of hydrogen-bond acceptors (Lipinski definition) is 3. The number of carbonyl (C=O) groups excluding carboxylic acids is 1. The predicted molar refractivity (Wildman–Crippen MR) is 79.8 cm³/mol. The van der Waals surface area contributed by atoms with Crippen LogP contribution in [0, 0.1) is 5.82 Å². The lowest BCUT2D eigenvalue weighted by molar-refractivity contribution is 0.0955. The summed E-state index contributed by atoms with van der Waals surface area (Å²) in [5.41, 5.74) is 7.40. The number of anilines is 1. The lowest BCUT2D eigenvalue weighted by atomic mass is 10.1. The Kier molecular flexibility index (Phi) is 4.77. The number of nitrogen functional groups attached to an aromatic ring is 1. The van der Waals surface area contributed by atoms with Gasteiger partial charge in [-0.3, -0.25) is 4.79 Å². The molecule has 0 saturated carbocycles. The van der Waals surface area contributed by atoms with Crippen molar-refractivity contribution in [1.82, 2.24) is 5.32 Å². The van der Waals surface area contributed by atoms with Gasteiger partial charge in [-0.25, -0.2) is 4.39 Å². The summed E-state index contributed by atoms with van der Waals surface area (Å²) in [7, 11) is 1.54. The van der Waals surface area contributed by atoms with Crippen molar-refractivity contribution in [2.24, 2.45) is 0 Å². The molecule has 0 unspecified atom stereocenters. The van der Waals surface area contributed by atoms with Gasteiger partial charge >= 0.3 is 0 Å². The van der Waals surface area contributed by atoms with Gasteiger partial charge in [0.25, 0.3) is 5.91 Å². The summed E-state index contributed by atoms with van der Waals surface area (Å²) in [6, 6.07) is 11.2. The van der Waals surface area contributed by atoms with Gasteiger partial charge in [-0.05, 0) is 36.2 Å². The van der Waals surface area contributed by atoms with Gasteiger partial charge in [0.15, 0.2) is 0 Å². The van der Waals surface area contributed by atoms with Gasteiger partial charge in [0.05, 0.1) is 12.7 Å². The van der Waals surface area contributed by atoms with Crippen molar-refractivity contribution in [2.45, 2.75) is 6.42 Å². The predicted octanol–water partition coefficient (Wildman–Crippen LogP) is 2.39. The van der Waals surface area contributed by atoms with Crippen LogP contribution in [-0.4, -0.2) is 19.6 Å². The van der Waals surface area contributed by atoms with Crippen LogP contribution in [0.4, 0.5) is 10.1 Å². The summed E-state index contributed by atoms with van der Waals surface area (Å²) >= 11 is 0. The molecule has 2 aromatic rings. The monoisotopic (exact) mass is 288 g/mol. The number of amides is 1. The largest absolute Gasteiger partial charge is 0.497 e. The van der Waals surface area contributed by atoms with Gasteiger partial charge in [0, 0.05) is 18.3 Å². The summed E-state index contributed by atoms with van der Waals surface area (Å²) in [5, 5.41) is 2.76. The number of nitrogens with two attached hydrogens (primary N) is 1. The molecule has 3 N–H and O–H groups in total. The first-order chi connectivity index (χ1) is 10.1. The van der Waals surface area contributed by atoms with E-state index in [1.165, 1.54) is 19.2 Å². The molecule has 0 atom stereocenters. The molecule has 0 aromatic heterocycles. The summed E-state index contributed by atoms with van der Waals surface area (Å²) in [6.07, 6.45) is 0.555. The molecule has 0 saturated heterocycles. The first-order valence-electron chi connectivity index (χ1n) is 6.56. The smallest absolute Gasteiger partial charge is 0.253 e. The number of benzene rings is 2. The second-order valence-electron chi connectivity index (χ2n) is 4.59. The topological polar surface area (TPSA) is 64.3 Å². The van der Waals surface area contributed by atoms with Crippen LogP contribution in [0.15, 0.2) is 42.5 Å². The molecular formula is C16H17FN2O2. The molecule has 5 heteroatoms. The van der Waals surface area contributed by atoms with Crippen molar-refractivity contribution in [3.05, 3.63) is 59.4 Å². The van der Waals surface area contributed by atoms with Crippen LogP contribution in [0.2, 0.25) is 0 Å². The molecule has 0 heterocycles. The van der Waals surface area contributed by atoms with Crippen molar-refractivity contribution in [2.75, 3.05) is 19.4 Å². The highest BCUT2D eigenvalue weighted by Gasteiger charge is 2.10. The molecule has 2 aromatic carbocycles. The minimum Gasteiger partial charge on any atom is -0.497 e. The highest BCUT2D eigenvalue weighted by molar-refractivity contribution is 5.99. The van der Waals surface area contributed by atoms with Crippen LogP contribution in [-0.2, 0) is 6.42 Å². The maximum Gasteiger partial charge on any atom is 0.253 e. The SMILES string of the molecule is COc1ccc(C(=O)NCCc2cccc(F)c2)c(N)c1. The molecule has 0 bridgehead atoms. The number of methoxy groups -OCH3 is 1. The molecule has 0 aliphatic heterocycles. The van der Waals surface area contributed by atoms with Crippen LogP contribution >= 0.6 is 0 Å². The summed E-state index contributed by atoms with van der Waals surface area (Å²) in [4.78, 5) is 12.0. The normalized spacial score (nSPS) is 10.2. The molecule has 0 spiro atoms. The number of ether oxygens (including phenoxy) is 1. The van der Waals surface area contributed by atoms with Gasteiger partial charge in [-0.15, -0.1) is 0 Å². The standard InChI is InChI=1S/C16H17FN2O2/c1-21-13-5-6-14(15(18)10-13)16(20)19-8-7-11-3-2-4-12(17)9-11/h2-6,9-10H,7-8,18H2,1H3,(H,19,20). The Morgan fingerprint density at radius 3 is 2.76 bits per heavy atom. The number of rotatable bonds is 5. The number of hydrogen-bond donors (Lipinski definition) is 2. The van der Waals surface area contributed by atoms with Crippen molar-refractivity contribution < 1.29 is 13.9 Å². The highest BCUT2D eigenvalue weighted by Crippen LogP contribution is 2.19. The van der Waals surface area contributed by atoms with Crippen LogP contribution in [0.25, 0.3) is 0 Å². The second kappa shape index (κ2) is 6.74. The van der Waals surface area contributed by atoms with Crippen LogP contribution in [0.5, 0.6) is 5.75 Å². The van der Waals surface area contributed by atoms with E-state index in [-0.39, 0.29) is 11.7 Å². The Labute approximate surface area is 122 Å². The maximum absolute atomic E-state index is 13.0. The van der Waals surface area contributed by atoms with Crippen molar-refractivity contribution in [3.63, 3.8) is 0 Å². The lowest BCUT2D eigenvalue weighted by Crippen LogP contribution is -2.26. The number of nitrogens with one attached hydrogen (secondary N) is 1. The highest BCUT2D eigenvalue weighted by atomic mass is 19.1. The first-order valence-corrected chi connectivity index (χ1v) is 6.56. The molecule has 110 valence electrons. The second-order valence-corrected chi connectivity index (χ2v) is 4.59. The zero-order valence-corrected chi connectivity index (χ0v) is 11.7. The Morgan fingerprint density at radius 2 is 2.10 bits per heavy atom. The third-order valence-corrected chi connectivity index (χ3v) is 3.09. The molecule has 21 heavy (non-hydrogen) atoms. The molecular weight excluding hydrogens is 271 g/mol. The van der Waals surface area contributed by atoms with E-state index < -0.39 is 0 Å². The zero-order valence-electron chi connectivity index (χ0n) is 11.7. The van der Waals surface area contributed by atoms with Gasteiger partial charge in [-0.2, -0.15) is 0 Å². The molecule has 0 aliphatic rings. The van der Waals surface area contributed by atoms with E-state index in [9.17, 15) is 9.18 Å². The van der Waals surface area contributed by atoms with E-state index in [1.807, 2.05) is 6.07 Å². The van der Waals surface area contributed by atoms with E-state index in [0.717, 1.165) is 5.56 Å². The van der Waals surface area contributed by atoms with E-state index in [1.54, 1.807) is 24.3 Å². The Bertz CT molecular complexity index is 644. The molecule has 4 nitrogen and oxygen atoms in total. The van der Waals surface area contributed by atoms with Crippen molar-refractivity contribution in [3.8, 4) is 5.75 Å². The molecule has 0 fully saturated rings. The Hall–Kier alpha value is -2.56. The fraction of sp³-hybridized carbons (Fsp3) is 0.188. The summed E-state index contributed by atoms with van der Waals surface area (Å²) in [6.45, 7) is 0.410. The van der Waals surface area contributed by atoms with Crippen LogP contribution in [0.3, 0.4) is 0 Å². The summed E-state index contributed by atoms with van der Waals surface area (Å²) in [5.74, 6) is 0.0635. The van der Waals surface area contributed by atoms with E-state index in [2.05, 4.69) is 5.32 Å². The molecule has 2 rings (SSSR count). The minimum absolute atomic E-state index is 0.258. The van der Waals surface area contributed by atoms with Crippen molar-refractivity contribution >= 4 is 11.6 Å². The minimum atomic E-state index is -0.279.